The van der Waals surface area contributed by atoms with Gasteiger partial charge < -0.3 is 9.47 Å². The highest BCUT2D eigenvalue weighted by molar-refractivity contribution is 9.10. The number of esters is 2. The number of fused-ring (bicyclic) bond motifs is 3. The maximum atomic E-state index is 13.7. The van der Waals surface area contributed by atoms with E-state index in [0.29, 0.717) is 23.3 Å². The average molecular weight is 443 g/mol. The summed E-state index contributed by atoms with van der Waals surface area (Å²) in [6, 6.07) is 14.0. The summed E-state index contributed by atoms with van der Waals surface area (Å²) in [5, 5.41) is 0. The number of hydrogen-bond donors (Lipinski definition) is 0. The van der Waals surface area contributed by atoms with Gasteiger partial charge in [-0.1, -0.05) is 53.2 Å². The molecule has 1 fully saturated rings. The van der Waals surface area contributed by atoms with E-state index in [1.54, 1.807) is 43.3 Å². The topological polar surface area (TPSA) is 69.7 Å². The van der Waals surface area contributed by atoms with Crippen LogP contribution in [-0.2, 0) is 14.3 Å². The van der Waals surface area contributed by atoms with Crippen LogP contribution in [0.5, 0.6) is 5.75 Å². The second-order valence-corrected chi connectivity index (χ2v) is 7.97. The van der Waals surface area contributed by atoms with Crippen LogP contribution in [-0.4, -0.2) is 24.3 Å². The Balaban J connectivity index is 1.96. The molecule has 1 aliphatic heterocycles. The summed E-state index contributed by atoms with van der Waals surface area (Å²) in [7, 11) is 0. The molecule has 0 aromatic heterocycles. The van der Waals surface area contributed by atoms with Crippen molar-refractivity contribution in [1.29, 1.82) is 0 Å². The fourth-order valence-electron chi connectivity index (χ4n) is 4.78. The minimum Gasteiger partial charge on any atom is -0.465 e. The van der Waals surface area contributed by atoms with Gasteiger partial charge in [-0.3, -0.25) is 14.4 Å². The highest BCUT2D eigenvalue weighted by Crippen LogP contribution is 2.80. The first-order chi connectivity index (χ1) is 13.4. The van der Waals surface area contributed by atoms with E-state index in [0.717, 1.165) is 4.47 Å². The zero-order valence-corrected chi connectivity index (χ0v) is 17.1. The summed E-state index contributed by atoms with van der Waals surface area (Å²) >= 11 is 3.44. The second-order valence-electron chi connectivity index (χ2n) is 7.05. The molecular formula is C22H19BrO5. The molecular weight excluding hydrogens is 424 g/mol. The molecule has 1 saturated carbocycles. The Kier molecular flexibility index (Phi) is 4.42. The van der Waals surface area contributed by atoms with Crippen molar-refractivity contribution >= 4 is 33.7 Å². The molecule has 0 N–H and O–H groups in total. The van der Waals surface area contributed by atoms with Crippen molar-refractivity contribution in [3.63, 3.8) is 0 Å². The van der Waals surface area contributed by atoms with Crippen LogP contribution >= 0.6 is 15.9 Å². The molecule has 1 aliphatic carbocycles. The van der Waals surface area contributed by atoms with Crippen LogP contribution < -0.4 is 4.74 Å². The fraction of sp³-hybridized carbons (Fsp3) is 0.318. The van der Waals surface area contributed by atoms with E-state index < -0.39 is 28.7 Å². The van der Waals surface area contributed by atoms with Crippen LogP contribution in [0.1, 0.15) is 42.1 Å². The average Bonchev–Trinajstić information content (AvgIpc) is 3.36. The van der Waals surface area contributed by atoms with Crippen molar-refractivity contribution in [2.24, 2.45) is 10.8 Å². The predicted molar refractivity (Wildman–Crippen MR) is 105 cm³/mol. The van der Waals surface area contributed by atoms with Crippen LogP contribution in [0.15, 0.2) is 53.0 Å². The smallest absolute Gasteiger partial charge is 0.330 e. The van der Waals surface area contributed by atoms with Gasteiger partial charge in [-0.2, -0.15) is 0 Å². The van der Waals surface area contributed by atoms with Gasteiger partial charge in [0.1, 0.15) is 5.75 Å². The lowest BCUT2D eigenvalue weighted by Gasteiger charge is -2.22. The number of carbonyl (C=O) groups is 3. The Bertz CT molecular complexity index is 986. The number of ether oxygens (including phenoxy) is 2. The van der Waals surface area contributed by atoms with Gasteiger partial charge in [0, 0.05) is 21.5 Å². The monoisotopic (exact) mass is 442 g/mol. The molecule has 0 unspecified atom stereocenters. The normalized spacial score (nSPS) is 27.2. The van der Waals surface area contributed by atoms with Gasteiger partial charge in [0.15, 0.2) is 11.2 Å². The van der Waals surface area contributed by atoms with Crippen molar-refractivity contribution in [2.45, 2.75) is 26.2 Å². The van der Waals surface area contributed by atoms with Crippen LogP contribution in [0.3, 0.4) is 0 Å². The molecule has 1 heterocycles. The number of Topliss-reactive ketones (excluding diaryl/α,β-unsaturated/α-hetero) is 1. The lowest BCUT2D eigenvalue weighted by atomic mass is 9.83. The van der Waals surface area contributed by atoms with Crippen LogP contribution in [0, 0.1) is 10.8 Å². The van der Waals surface area contributed by atoms with Crippen molar-refractivity contribution in [3.8, 4) is 5.75 Å². The number of carbonyl (C=O) groups excluding carboxylic acids is 3. The Morgan fingerprint density at radius 1 is 1.14 bits per heavy atom. The number of hydrogen-bond acceptors (Lipinski definition) is 5. The lowest BCUT2D eigenvalue weighted by molar-refractivity contribution is -0.162. The third-order valence-electron chi connectivity index (χ3n) is 5.95. The molecule has 5 nitrogen and oxygen atoms in total. The van der Waals surface area contributed by atoms with E-state index in [1.807, 2.05) is 19.1 Å². The molecule has 4 rings (SSSR count). The Hall–Kier alpha value is -2.47. The van der Waals surface area contributed by atoms with Gasteiger partial charge in [0.2, 0.25) is 0 Å². The Labute approximate surface area is 171 Å². The predicted octanol–water partition coefficient (Wildman–Crippen LogP) is 4.29. The largest absolute Gasteiger partial charge is 0.465 e. The lowest BCUT2D eigenvalue weighted by Crippen LogP contribution is -2.40. The summed E-state index contributed by atoms with van der Waals surface area (Å²) in [5.41, 5.74) is -1.75. The third-order valence-corrected chi connectivity index (χ3v) is 6.44. The van der Waals surface area contributed by atoms with E-state index in [-0.39, 0.29) is 12.4 Å². The molecule has 144 valence electrons. The summed E-state index contributed by atoms with van der Waals surface area (Å²) in [5.74, 6) is -1.88. The van der Waals surface area contributed by atoms with Gasteiger partial charge >= 0.3 is 11.9 Å². The van der Waals surface area contributed by atoms with Crippen LogP contribution in [0.4, 0.5) is 0 Å². The third kappa shape index (κ3) is 2.21. The Morgan fingerprint density at radius 3 is 2.50 bits per heavy atom. The Morgan fingerprint density at radius 2 is 1.86 bits per heavy atom. The highest BCUT2D eigenvalue weighted by Gasteiger charge is 2.90. The van der Waals surface area contributed by atoms with E-state index in [2.05, 4.69) is 15.9 Å². The second kappa shape index (κ2) is 6.55. The molecule has 28 heavy (non-hydrogen) atoms. The van der Waals surface area contributed by atoms with Gasteiger partial charge in [-0.05, 0) is 31.5 Å². The maximum Gasteiger partial charge on any atom is 0.330 e. The number of benzene rings is 2. The molecule has 6 heteroatoms. The molecule has 0 radical (unpaired) electrons. The van der Waals surface area contributed by atoms with Crippen molar-refractivity contribution in [1.82, 2.24) is 0 Å². The van der Waals surface area contributed by atoms with E-state index >= 15 is 0 Å². The van der Waals surface area contributed by atoms with E-state index in [4.69, 9.17) is 9.47 Å². The van der Waals surface area contributed by atoms with E-state index in [1.165, 1.54) is 0 Å². The number of ketones is 1. The van der Waals surface area contributed by atoms with Crippen molar-refractivity contribution in [3.05, 3.63) is 64.1 Å². The first-order valence-electron chi connectivity index (χ1n) is 9.23. The zero-order chi connectivity index (χ0) is 20.1. The first-order valence-corrected chi connectivity index (χ1v) is 10.0. The molecule has 0 spiro atoms. The molecule has 2 aromatic carbocycles. The molecule has 0 bridgehead atoms. The van der Waals surface area contributed by atoms with Gasteiger partial charge in [0.25, 0.3) is 0 Å². The summed E-state index contributed by atoms with van der Waals surface area (Å²) < 4.78 is 11.6. The quantitative estimate of drug-likeness (QED) is 0.299. The van der Waals surface area contributed by atoms with Crippen molar-refractivity contribution in [2.75, 3.05) is 6.61 Å². The molecule has 0 saturated heterocycles. The molecule has 3 atom stereocenters. The SMILES string of the molecule is CCOC(=O)[C@]12C(=O)Oc3ccc(Br)cc3[C@H]1[C@@]2(CC)C(=O)c1ccccc1. The zero-order valence-electron chi connectivity index (χ0n) is 15.5. The van der Waals surface area contributed by atoms with E-state index in [9.17, 15) is 14.4 Å². The first kappa shape index (κ1) is 18.9. The fourth-order valence-corrected chi connectivity index (χ4v) is 5.16. The number of halogens is 1. The minimum atomic E-state index is -1.65. The van der Waals surface area contributed by atoms with Crippen LogP contribution in [0.25, 0.3) is 0 Å². The minimum absolute atomic E-state index is 0.116. The number of rotatable bonds is 5. The summed E-state index contributed by atoms with van der Waals surface area (Å²) in [4.78, 5) is 39.9. The molecule has 0 amide bonds. The molecule has 2 aliphatic rings. The van der Waals surface area contributed by atoms with Crippen molar-refractivity contribution < 1.29 is 23.9 Å². The standard InChI is InChI=1S/C22H19BrO5/c1-3-21(18(24)13-8-6-5-7-9-13)17-15-12-14(23)10-11-16(15)28-20(26)22(17,21)19(25)27-4-2/h5-12,17H,3-4H2,1-2H3/t17-,21-,22-/m0/s1. The van der Waals surface area contributed by atoms with Gasteiger partial charge in [-0.25, -0.2) is 0 Å². The summed E-state index contributed by atoms with van der Waals surface area (Å²) in [6.07, 6.45) is 0.311. The highest BCUT2D eigenvalue weighted by atomic mass is 79.9. The summed E-state index contributed by atoms with van der Waals surface area (Å²) in [6.45, 7) is 3.62. The molecule has 2 aromatic rings. The van der Waals surface area contributed by atoms with Gasteiger partial charge in [-0.15, -0.1) is 0 Å². The maximum absolute atomic E-state index is 13.7. The van der Waals surface area contributed by atoms with Crippen LogP contribution in [0.2, 0.25) is 0 Å². The van der Waals surface area contributed by atoms with Gasteiger partial charge in [0.05, 0.1) is 12.0 Å².